The Morgan fingerprint density at radius 1 is 1.23 bits per heavy atom. The second kappa shape index (κ2) is 9.71. The van der Waals surface area contributed by atoms with E-state index >= 15 is 0 Å². The van der Waals surface area contributed by atoms with Crippen LogP contribution in [0.5, 0.6) is 0 Å². The van der Waals surface area contributed by atoms with E-state index in [4.69, 9.17) is 26.2 Å². The van der Waals surface area contributed by atoms with Crippen LogP contribution in [0.2, 0.25) is 5.02 Å². The summed E-state index contributed by atoms with van der Waals surface area (Å²) in [5.74, 6) is -2.94. The molecule has 0 aliphatic carbocycles. The topological polar surface area (TPSA) is 157 Å². The van der Waals surface area contributed by atoms with Crippen molar-refractivity contribution in [2.24, 2.45) is 17.0 Å². The normalized spacial score (nSPS) is 25.6. The molecule has 190 valence electrons. The standard InChI is InChI=1S/C21H24ClN3O8S2/c1-10-16-15(11(2)26)19(27)25(16)17(18(10)34-14-7-24(8-14)35(23,30)31)21(29)33-9-32-20(28)12-3-5-13(22)6-4-12/h3-6,10-11,14-16,26H,7-9H2,1-2H3,(H2,23,30,31)/t10-,11-,15-,16-/m1/s1. The van der Waals surface area contributed by atoms with Crippen LogP contribution in [-0.2, 0) is 29.3 Å². The molecule has 3 heterocycles. The van der Waals surface area contributed by atoms with Crippen molar-refractivity contribution >= 4 is 51.4 Å². The van der Waals surface area contributed by atoms with Crippen LogP contribution in [0.4, 0.5) is 0 Å². The summed E-state index contributed by atoms with van der Waals surface area (Å²) in [5.41, 5.74) is 0.239. The number of halogens is 1. The highest BCUT2D eigenvalue weighted by molar-refractivity contribution is 8.04. The van der Waals surface area contributed by atoms with Gasteiger partial charge in [-0.1, -0.05) is 18.5 Å². The zero-order valence-corrected chi connectivity index (χ0v) is 21.2. The van der Waals surface area contributed by atoms with Crippen molar-refractivity contribution < 1.29 is 37.4 Å². The van der Waals surface area contributed by atoms with Crippen LogP contribution in [0.1, 0.15) is 24.2 Å². The van der Waals surface area contributed by atoms with Gasteiger partial charge in [-0.3, -0.25) is 4.79 Å². The number of rotatable bonds is 8. The molecule has 0 unspecified atom stereocenters. The highest BCUT2D eigenvalue weighted by Gasteiger charge is 2.60. The van der Waals surface area contributed by atoms with Crippen LogP contribution in [0.3, 0.4) is 0 Å². The maximum absolute atomic E-state index is 13.0. The number of fused-ring (bicyclic) bond motifs is 1. The van der Waals surface area contributed by atoms with Crippen molar-refractivity contribution in [1.29, 1.82) is 0 Å². The van der Waals surface area contributed by atoms with Gasteiger partial charge in [0.05, 0.1) is 23.6 Å². The predicted octanol–water partition coefficient (Wildman–Crippen LogP) is 0.687. The van der Waals surface area contributed by atoms with Crippen molar-refractivity contribution in [3.05, 3.63) is 45.5 Å². The number of benzene rings is 1. The summed E-state index contributed by atoms with van der Waals surface area (Å²) in [6, 6.07) is 5.53. The number of amides is 1. The van der Waals surface area contributed by atoms with Gasteiger partial charge < -0.3 is 19.5 Å². The minimum Gasteiger partial charge on any atom is -0.424 e. The minimum atomic E-state index is -3.80. The molecule has 14 heteroatoms. The van der Waals surface area contributed by atoms with Gasteiger partial charge in [0.15, 0.2) is 0 Å². The lowest BCUT2D eigenvalue weighted by Crippen LogP contribution is -2.63. The fourth-order valence-corrected chi connectivity index (χ4v) is 7.01. The summed E-state index contributed by atoms with van der Waals surface area (Å²) in [7, 11) is -3.80. The molecular weight excluding hydrogens is 522 g/mol. The smallest absolute Gasteiger partial charge is 0.358 e. The fourth-order valence-electron chi connectivity index (χ4n) is 4.41. The van der Waals surface area contributed by atoms with Crippen LogP contribution in [0.25, 0.3) is 0 Å². The van der Waals surface area contributed by atoms with Gasteiger partial charge in [-0.15, -0.1) is 11.8 Å². The number of nitrogens with zero attached hydrogens (tertiary/aromatic N) is 2. The van der Waals surface area contributed by atoms with E-state index in [0.29, 0.717) is 9.93 Å². The van der Waals surface area contributed by atoms with Crippen LogP contribution < -0.4 is 5.14 Å². The molecule has 3 aliphatic heterocycles. The highest BCUT2D eigenvalue weighted by Crippen LogP contribution is 2.52. The number of carbonyl (C=O) groups is 3. The molecule has 35 heavy (non-hydrogen) atoms. The fraction of sp³-hybridized carbons (Fsp3) is 0.476. The van der Waals surface area contributed by atoms with Crippen molar-refractivity contribution in [3.63, 3.8) is 0 Å². The molecule has 3 N–H and O–H groups in total. The lowest BCUT2D eigenvalue weighted by atomic mass is 9.79. The number of thioether (sulfide) groups is 1. The van der Waals surface area contributed by atoms with E-state index in [9.17, 15) is 27.9 Å². The SMILES string of the molecule is C[C@@H](O)[C@H]1C(=O)N2C(C(=O)OCOC(=O)c3ccc(Cl)cc3)=C(SC3CN(S(N)(=O)=O)C3)[C@H](C)[C@H]12. The first-order chi connectivity index (χ1) is 16.4. The third-order valence-corrected chi connectivity index (χ3v) is 8.95. The Balaban J connectivity index is 1.47. The Labute approximate surface area is 211 Å². The molecule has 1 amide bonds. The Hall–Kier alpha value is -2.16. The number of esters is 2. The Kier molecular flexibility index (Phi) is 7.19. The van der Waals surface area contributed by atoms with Gasteiger partial charge in [0.2, 0.25) is 12.7 Å². The molecule has 0 aromatic heterocycles. The number of aliphatic hydroxyl groups is 1. The highest BCUT2D eigenvalue weighted by atomic mass is 35.5. The minimum absolute atomic E-state index is 0.0194. The maximum Gasteiger partial charge on any atom is 0.358 e. The van der Waals surface area contributed by atoms with Gasteiger partial charge in [-0.05, 0) is 31.2 Å². The van der Waals surface area contributed by atoms with Crippen LogP contribution in [-0.4, -0.2) is 77.9 Å². The monoisotopic (exact) mass is 545 g/mol. The summed E-state index contributed by atoms with van der Waals surface area (Å²) < 4.78 is 34.2. The molecule has 2 saturated heterocycles. The van der Waals surface area contributed by atoms with E-state index in [-0.39, 0.29) is 35.5 Å². The van der Waals surface area contributed by atoms with Gasteiger partial charge in [0.25, 0.3) is 10.2 Å². The van der Waals surface area contributed by atoms with E-state index in [1.165, 1.54) is 47.9 Å². The first-order valence-corrected chi connectivity index (χ1v) is 13.5. The molecule has 1 aromatic carbocycles. The molecule has 0 spiro atoms. The molecule has 2 fully saturated rings. The largest absolute Gasteiger partial charge is 0.424 e. The molecular formula is C21H24ClN3O8S2. The van der Waals surface area contributed by atoms with Gasteiger partial charge in [-0.25, -0.2) is 14.7 Å². The lowest BCUT2D eigenvalue weighted by Gasteiger charge is -2.46. The van der Waals surface area contributed by atoms with Gasteiger partial charge in [0.1, 0.15) is 5.70 Å². The van der Waals surface area contributed by atoms with E-state index in [1.807, 2.05) is 6.92 Å². The molecule has 0 bridgehead atoms. The van der Waals surface area contributed by atoms with Crippen molar-refractivity contribution in [1.82, 2.24) is 9.21 Å². The number of β-lactam (4-membered cyclic amide) rings is 1. The van der Waals surface area contributed by atoms with E-state index in [2.05, 4.69) is 0 Å². The molecule has 0 radical (unpaired) electrons. The van der Waals surface area contributed by atoms with Crippen molar-refractivity contribution in [2.45, 2.75) is 31.2 Å². The Morgan fingerprint density at radius 2 is 1.83 bits per heavy atom. The van der Waals surface area contributed by atoms with E-state index in [1.54, 1.807) is 0 Å². The lowest BCUT2D eigenvalue weighted by molar-refractivity contribution is -0.166. The summed E-state index contributed by atoms with van der Waals surface area (Å²) in [5, 5.41) is 15.5. The van der Waals surface area contributed by atoms with Gasteiger partial charge in [-0.2, -0.15) is 12.7 Å². The summed E-state index contributed by atoms with van der Waals surface area (Å²) in [6.45, 7) is 3.00. The average molecular weight is 546 g/mol. The van der Waals surface area contributed by atoms with E-state index < -0.39 is 52.9 Å². The quantitative estimate of drug-likeness (QED) is 0.272. The molecule has 11 nitrogen and oxygen atoms in total. The molecule has 1 aromatic rings. The molecule has 3 aliphatic rings. The number of hydrogen-bond acceptors (Lipinski definition) is 9. The third kappa shape index (κ3) is 4.93. The van der Waals surface area contributed by atoms with Crippen LogP contribution >= 0.6 is 23.4 Å². The summed E-state index contributed by atoms with van der Waals surface area (Å²) in [6.07, 6.45) is -0.908. The third-order valence-electron chi connectivity index (χ3n) is 6.23. The van der Waals surface area contributed by atoms with Crippen LogP contribution in [0.15, 0.2) is 34.9 Å². The number of aliphatic hydroxyl groups excluding tert-OH is 1. The number of carbonyl (C=O) groups excluding carboxylic acids is 3. The average Bonchev–Trinajstić information content (AvgIpc) is 2.97. The maximum atomic E-state index is 13.0. The number of ether oxygens (including phenoxy) is 2. The summed E-state index contributed by atoms with van der Waals surface area (Å²) >= 11 is 7.08. The second-order valence-corrected chi connectivity index (χ2v) is 11.9. The first kappa shape index (κ1) is 25.9. The zero-order chi connectivity index (χ0) is 25.7. The second-order valence-electron chi connectivity index (χ2n) is 8.56. The predicted molar refractivity (Wildman–Crippen MR) is 126 cm³/mol. The zero-order valence-electron chi connectivity index (χ0n) is 18.8. The summed E-state index contributed by atoms with van der Waals surface area (Å²) in [4.78, 5) is 39.8. The Morgan fingerprint density at radius 3 is 2.40 bits per heavy atom. The Bertz CT molecular complexity index is 1180. The van der Waals surface area contributed by atoms with E-state index in [0.717, 1.165) is 4.31 Å². The number of nitrogens with two attached hydrogens (primary N) is 1. The van der Waals surface area contributed by atoms with Gasteiger partial charge >= 0.3 is 11.9 Å². The number of hydrogen-bond donors (Lipinski definition) is 2. The van der Waals surface area contributed by atoms with Gasteiger partial charge in [0, 0.05) is 34.2 Å². The van der Waals surface area contributed by atoms with Crippen LogP contribution in [0, 0.1) is 11.8 Å². The van der Waals surface area contributed by atoms with Crippen molar-refractivity contribution in [2.75, 3.05) is 19.9 Å². The molecule has 4 atom stereocenters. The molecule has 0 saturated carbocycles. The van der Waals surface area contributed by atoms with Crippen molar-refractivity contribution in [3.8, 4) is 0 Å². The molecule has 4 rings (SSSR count). The first-order valence-electron chi connectivity index (χ1n) is 10.7.